The van der Waals surface area contributed by atoms with Crippen LogP contribution < -0.4 is 5.32 Å². The van der Waals surface area contributed by atoms with Gasteiger partial charge in [-0.05, 0) is 40.9 Å². The minimum Gasteiger partial charge on any atom is -0.381 e. The topological polar surface area (TPSA) is 12.0 Å². The highest BCUT2D eigenvalue weighted by Crippen LogP contribution is 2.31. The van der Waals surface area contributed by atoms with E-state index in [-0.39, 0.29) is 0 Å². The maximum Gasteiger partial charge on any atom is 0.0593 e. The van der Waals surface area contributed by atoms with E-state index in [1.54, 1.807) is 0 Å². The third-order valence-electron chi connectivity index (χ3n) is 3.42. The van der Waals surface area contributed by atoms with Crippen molar-refractivity contribution in [3.05, 3.63) is 27.7 Å². The minimum absolute atomic E-state index is 0.602. The Labute approximate surface area is 117 Å². The molecule has 0 atom stereocenters. The molecule has 1 saturated carbocycles. The van der Waals surface area contributed by atoms with Gasteiger partial charge in [0.15, 0.2) is 0 Å². The second-order valence-corrected chi connectivity index (χ2v) is 5.99. The van der Waals surface area contributed by atoms with Gasteiger partial charge in [-0.25, -0.2) is 0 Å². The highest BCUT2D eigenvalue weighted by atomic mass is 79.9. The van der Waals surface area contributed by atoms with E-state index >= 15 is 0 Å². The van der Waals surface area contributed by atoms with Gasteiger partial charge >= 0.3 is 0 Å². The van der Waals surface area contributed by atoms with Crippen molar-refractivity contribution in [1.82, 2.24) is 0 Å². The van der Waals surface area contributed by atoms with Crippen molar-refractivity contribution in [1.29, 1.82) is 0 Å². The molecule has 1 aromatic rings. The summed E-state index contributed by atoms with van der Waals surface area (Å²) >= 11 is 9.65. The summed E-state index contributed by atoms with van der Waals surface area (Å²) in [5.41, 5.74) is 1.13. The number of anilines is 1. The summed E-state index contributed by atoms with van der Waals surface area (Å²) in [5, 5.41) is 4.40. The summed E-state index contributed by atoms with van der Waals surface area (Å²) in [4.78, 5) is 0. The van der Waals surface area contributed by atoms with Crippen molar-refractivity contribution >= 4 is 33.2 Å². The monoisotopic (exact) mass is 315 g/mol. The molecule has 0 heterocycles. The third-order valence-corrected chi connectivity index (χ3v) is 4.81. The summed E-state index contributed by atoms with van der Waals surface area (Å²) in [6, 6.07) is 6.60. The molecule has 0 unspecified atom stereocenters. The van der Waals surface area contributed by atoms with E-state index in [1.807, 2.05) is 12.1 Å². The van der Waals surface area contributed by atoms with E-state index in [9.17, 15) is 0 Å². The van der Waals surface area contributed by atoms with Crippen LogP contribution in [-0.2, 0) is 0 Å². The Morgan fingerprint density at radius 1 is 1.06 bits per heavy atom. The van der Waals surface area contributed by atoms with Crippen molar-refractivity contribution in [2.45, 2.75) is 51.0 Å². The second-order valence-electron chi connectivity index (χ2n) is 4.79. The molecule has 1 aliphatic carbocycles. The molecule has 1 aromatic carbocycles. The smallest absolute Gasteiger partial charge is 0.0593 e. The molecule has 0 spiro atoms. The Kier molecular flexibility index (Phi) is 5.17. The van der Waals surface area contributed by atoms with Crippen LogP contribution in [0.2, 0.25) is 5.02 Å². The van der Waals surface area contributed by atoms with Gasteiger partial charge in [-0.1, -0.05) is 49.8 Å². The van der Waals surface area contributed by atoms with Crippen molar-refractivity contribution in [3.63, 3.8) is 0 Å². The van der Waals surface area contributed by atoms with Crippen molar-refractivity contribution in [2.24, 2.45) is 0 Å². The van der Waals surface area contributed by atoms with Crippen LogP contribution >= 0.6 is 27.5 Å². The highest BCUT2D eigenvalue weighted by molar-refractivity contribution is 9.10. The summed E-state index contributed by atoms with van der Waals surface area (Å²) in [7, 11) is 0. The molecule has 3 heteroatoms. The average molecular weight is 317 g/mol. The molecule has 0 aliphatic heterocycles. The van der Waals surface area contributed by atoms with E-state index in [0.29, 0.717) is 6.04 Å². The van der Waals surface area contributed by atoms with E-state index in [2.05, 4.69) is 27.3 Å². The number of hydrogen-bond acceptors (Lipinski definition) is 1. The number of nitrogens with one attached hydrogen (secondary N) is 1. The van der Waals surface area contributed by atoms with Crippen molar-refractivity contribution < 1.29 is 0 Å². The van der Waals surface area contributed by atoms with E-state index in [0.717, 1.165) is 15.2 Å². The SMILES string of the molecule is Clc1cccc(NC2CCCCCCC2)c1Br. The molecule has 1 N–H and O–H groups in total. The van der Waals surface area contributed by atoms with Crippen LogP contribution in [0.1, 0.15) is 44.9 Å². The van der Waals surface area contributed by atoms with Gasteiger partial charge in [0.05, 0.1) is 15.2 Å². The van der Waals surface area contributed by atoms with Crippen LogP contribution in [0.5, 0.6) is 0 Å². The summed E-state index contributed by atoms with van der Waals surface area (Å²) in [6.07, 6.45) is 9.42. The lowest BCUT2D eigenvalue weighted by atomic mass is 9.96. The molecule has 17 heavy (non-hydrogen) atoms. The van der Waals surface area contributed by atoms with Gasteiger partial charge in [0, 0.05) is 6.04 Å². The van der Waals surface area contributed by atoms with Gasteiger partial charge in [-0.15, -0.1) is 0 Å². The molecule has 94 valence electrons. The van der Waals surface area contributed by atoms with Crippen LogP contribution in [-0.4, -0.2) is 6.04 Å². The Bertz CT molecular complexity index is 359. The van der Waals surface area contributed by atoms with Gasteiger partial charge in [0.25, 0.3) is 0 Å². The van der Waals surface area contributed by atoms with Crippen LogP contribution in [0.15, 0.2) is 22.7 Å². The zero-order valence-corrected chi connectivity index (χ0v) is 12.4. The zero-order chi connectivity index (χ0) is 12.1. The fraction of sp³-hybridized carbons (Fsp3) is 0.571. The maximum absolute atomic E-state index is 6.10. The van der Waals surface area contributed by atoms with Crippen LogP contribution in [0.4, 0.5) is 5.69 Å². The Balaban J connectivity index is 2.00. The third kappa shape index (κ3) is 3.89. The van der Waals surface area contributed by atoms with Gasteiger partial charge in [-0.2, -0.15) is 0 Å². The molecular formula is C14H19BrClN. The summed E-state index contributed by atoms with van der Waals surface area (Å²) < 4.78 is 0.990. The van der Waals surface area contributed by atoms with E-state index in [4.69, 9.17) is 11.6 Å². The molecule has 0 amide bonds. The summed E-state index contributed by atoms with van der Waals surface area (Å²) in [6.45, 7) is 0. The van der Waals surface area contributed by atoms with Crippen LogP contribution in [0.3, 0.4) is 0 Å². The molecule has 0 bridgehead atoms. The first-order chi connectivity index (χ1) is 8.27. The Hall–Kier alpha value is -0.210. The van der Waals surface area contributed by atoms with Crippen LogP contribution in [0, 0.1) is 0 Å². The molecule has 2 rings (SSSR count). The second kappa shape index (κ2) is 6.65. The number of benzene rings is 1. The molecule has 0 saturated heterocycles. The van der Waals surface area contributed by atoms with Gasteiger partial charge in [-0.3, -0.25) is 0 Å². The lowest BCUT2D eigenvalue weighted by Crippen LogP contribution is -2.20. The molecule has 0 aromatic heterocycles. The highest BCUT2D eigenvalue weighted by Gasteiger charge is 2.13. The fourth-order valence-electron chi connectivity index (χ4n) is 2.44. The van der Waals surface area contributed by atoms with Crippen molar-refractivity contribution in [3.8, 4) is 0 Å². The van der Waals surface area contributed by atoms with E-state index < -0.39 is 0 Å². The largest absolute Gasteiger partial charge is 0.381 e. The first-order valence-electron chi connectivity index (χ1n) is 6.48. The number of hydrogen-bond donors (Lipinski definition) is 1. The molecule has 1 aliphatic rings. The molecule has 0 radical (unpaired) electrons. The number of rotatable bonds is 2. The fourth-order valence-corrected chi connectivity index (χ4v) is 2.99. The van der Waals surface area contributed by atoms with Gasteiger partial charge < -0.3 is 5.32 Å². The maximum atomic E-state index is 6.10. The molecule has 1 fully saturated rings. The van der Waals surface area contributed by atoms with Gasteiger partial charge in [0.1, 0.15) is 0 Å². The molecule has 1 nitrogen and oxygen atoms in total. The van der Waals surface area contributed by atoms with Crippen LogP contribution in [0.25, 0.3) is 0 Å². The first-order valence-corrected chi connectivity index (χ1v) is 7.65. The summed E-state index contributed by atoms with van der Waals surface area (Å²) in [5.74, 6) is 0. The Morgan fingerprint density at radius 3 is 2.41 bits per heavy atom. The Morgan fingerprint density at radius 2 is 1.71 bits per heavy atom. The lowest BCUT2D eigenvalue weighted by molar-refractivity contribution is 0.471. The van der Waals surface area contributed by atoms with Gasteiger partial charge in [0.2, 0.25) is 0 Å². The lowest BCUT2D eigenvalue weighted by Gasteiger charge is -2.23. The predicted molar refractivity (Wildman–Crippen MR) is 78.9 cm³/mol. The zero-order valence-electron chi connectivity index (χ0n) is 10.0. The normalized spacial score (nSPS) is 18.5. The average Bonchev–Trinajstić information content (AvgIpc) is 2.28. The molecular weight excluding hydrogens is 298 g/mol. The van der Waals surface area contributed by atoms with Crippen molar-refractivity contribution in [2.75, 3.05) is 5.32 Å². The standard InChI is InChI=1S/C14H19BrClN/c15-14-12(16)9-6-10-13(14)17-11-7-4-2-1-3-5-8-11/h6,9-11,17H,1-5,7-8H2. The predicted octanol–water partition coefficient (Wildman–Crippen LogP) is 5.63. The quantitative estimate of drug-likeness (QED) is 0.746. The minimum atomic E-state index is 0.602. The first kappa shape index (κ1) is 13.2. The van der Waals surface area contributed by atoms with E-state index in [1.165, 1.54) is 44.9 Å². The number of halogens is 2.